The number of imide groups is 2. The molecule has 0 saturated carbocycles. The van der Waals surface area contributed by atoms with Crippen LogP contribution in [-0.4, -0.2) is 44.0 Å². The number of nitrogens with one attached hydrogen (secondary N) is 1. The summed E-state index contributed by atoms with van der Waals surface area (Å²) >= 11 is 0. The molecule has 0 aromatic heterocycles. The molecular weight excluding hydrogens is 398 g/mol. The monoisotopic (exact) mass is 419 g/mol. The molecule has 1 N–H and O–H groups in total. The summed E-state index contributed by atoms with van der Waals surface area (Å²) < 4.78 is 4.65. The van der Waals surface area contributed by atoms with E-state index in [0.29, 0.717) is 5.56 Å². The van der Waals surface area contributed by atoms with Gasteiger partial charge in [-0.25, -0.2) is 14.5 Å². The van der Waals surface area contributed by atoms with Crippen molar-refractivity contribution in [2.24, 2.45) is 0 Å². The average Bonchev–Trinajstić information content (AvgIpc) is 3.32. The Labute approximate surface area is 179 Å². The highest BCUT2D eigenvalue weighted by Gasteiger charge is 2.36. The molecule has 2 aliphatic heterocycles. The quantitative estimate of drug-likeness (QED) is 0.465. The fourth-order valence-electron chi connectivity index (χ4n) is 3.68. The number of urea groups is 1. The average molecular weight is 419 g/mol. The predicted molar refractivity (Wildman–Crippen MR) is 115 cm³/mol. The van der Waals surface area contributed by atoms with Crippen molar-refractivity contribution < 1.29 is 23.9 Å². The van der Waals surface area contributed by atoms with Crippen LogP contribution in [0.15, 0.2) is 54.1 Å². The topological polar surface area (TPSA) is 96.0 Å². The Morgan fingerprint density at radius 3 is 2.16 bits per heavy atom. The van der Waals surface area contributed by atoms with Gasteiger partial charge in [0.25, 0.3) is 11.8 Å². The number of carbonyl (C=O) groups excluding carboxylic acids is 4. The molecule has 2 aromatic rings. The molecule has 0 spiro atoms. The third kappa shape index (κ3) is 4.05. The van der Waals surface area contributed by atoms with Crippen LogP contribution in [0.25, 0.3) is 6.08 Å². The maximum Gasteiger partial charge on any atom is 0.337 e. The van der Waals surface area contributed by atoms with E-state index in [-0.39, 0.29) is 16.8 Å². The maximum absolute atomic E-state index is 13.0. The van der Waals surface area contributed by atoms with Gasteiger partial charge < -0.3 is 9.64 Å². The summed E-state index contributed by atoms with van der Waals surface area (Å²) in [5.74, 6) is -2.02. The molecule has 2 aliphatic rings. The second kappa shape index (κ2) is 8.43. The minimum absolute atomic E-state index is 0.148. The first kappa shape index (κ1) is 20.3. The first-order chi connectivity index (χ1) is 15.0. The Morgan fingerprint density at radius 2 is 1.55 bits per heavy atom. The predicted octanol–water partition coefficient (Wildman–Crippen LogP) is 2.74. The van der Waals surface area contributed by atoms with Crippen molar-refractivity contribution in [2.75, 3.05) is 30.0 Å². The highest BCUT2D eigenvalue weighted by Crippen LogP contribution is 2.24. The summed E-state index contributed by atoms with van der Waals surface area (Å²) in [7, 11) is 1.26. The summed E-state index contributed by atoms with van der Waals surface area (Å²) in [4.78, 5) is 52.4. The van der Waals surface area contributed by atoms with Gasteiger partial charge in [0.2, 0.25) is 0 Å². The minimum atomic E-state index is -0.845. The number of carbonyl (C=O) groups is 4. The molecule has 0 bridgehead atoms. The van der Waals surface area contributed by atoms with E-state index in [2.05, 4.69) is 15.0 Å². The van der Waals surface area contributed by atoms with Gasteiger partial charge in [-0.15, -0.1) is 0 Å². The van der Waals surface area contributed by atoms with Crippen molar-refractivity contribution in [3.8, 4) is 0 Å². The Bertz CT molecular complexity index is 1070. The first-order valence-electron chi connectivity index (χ1n) is 9.93. The van der Waals surface area contributed by atoms with Crippen molar-refractivity contribution in [3.63, 3.8) is 0 Å². The van der Waals surface area contributed by atoms with Gasteiger partial charge in [0, 0.05) is 18.8 Å². The fraction of sp³-hybridized carbons (Fsp3) is 0.217. The molecule has 31 heavy (non-hydrogen) atoms. The van der Waals surface area contributed by atoms with Crippen LogP contribution in [0.1, 0.15) is 28.8 Å². The number of hydrogen-bond acceptors (Lipinski definition) is 6. The Balaban J connectivity index is 1.59. The molecule has 8 heteroatoms. The van der Waals surface area contributed by atoms with E-state index in [4.69, 9.17) is 0 Å². The summed E-state index contributed by atoms with van der Waals surface area (Å²) in [6, 6.07) is 12.5. The van der Waals surface area contributed by atoms with Gasteiger partial charge in [0.05, 0.1) is 18.4 Å². The Hall–Kier alpha value is -3.94. The second-order valence-corrected chi connectivity index (χ2v) is 7.28. The summed E-state index contributed by atoms with van der Waals surface area (Å²) in [6.07, 6.45) is 3.81. The van der Waals surface area contributed by atoms with E-state index < -0.39 is 23.8 Å². The molecule has 2 heterocycles. The van der Waals surface area contributed by atoms with E-state index in [1.54, 1.807) is 0 Å². The maximum atomic E-state index is 13.0. The molecular formula is C23H21N3O5. The fourth-order valence-corrected chi connectivity index (χ4v) is 3.68. The molecule has 0 atom stereocenters. The third-order valence-corrected chi connectivity index (χ3v) is 5.32. The molecule has 2 aromatic carbocycles. The third-order valence-electron chi connectivity index (χ3n) is 5.32. The molecule has 8 nitrogen and oxygen atoms in total. The van der Waals surface area contributed by atoms with Crippen molar-refractivity contribution >= 4 is 41.3 Å². The van der Waals surface area contributed by atoms with Crippen LogP contribution in [0.2, 0.25) is 0 Å². The number of anilines is 2. The van der Waals surface area contributed by atoms with Crippen LogP contribution in [0.4, 0.5) is 16.2 Å². The molecule has 0 unspecified atom stereocenters. The lowest BCUT2D eigenvalue weighted by Gasteiger charge is -2.26. The molecule has 2 fully saturated rings. The number of benzene rings is 2. The number of nitrogens with zero attached hydrogens (tertiary/aromatic N) is 2. The lowest BCUT2D eigenvalue weighted by atomic mass is 10.1. The number of amides is 4. The summed E-state index contributed by atoms with van der Waals surface area (Å²) in [5.41, 5.74) is 2.14. The molecule has 0 aliphatic carbocycles. The smallest absolute Gasteiger partial charge is 0.337 e. The summed E-state index contributed by atoms with van der Waals surface area (Å²) in [5, 5.41) is 2.19. The molecule has 2 saturated heterocycles. The second-order valence-electron chi connectivity index (χ2n) is 7.28. The van der Waals surface area contributed by atoms with Gasteiger partial charge in [-0.05, 0) is 60.9 Å². The standard InChI is InChI=1S/C23H21N3O5/c1-31-22(29)16-6-10-18(11-7-16)26-21(28)19(20(27)24-23(26)30)14-15-4-8-17(9-5-15)25-12-2-3-13-25/h4-11,14H,2-3,12-13H2,1H3,(H,24,27,30)/b19-14+. The van der Waals surface area contributed by atoms with Crippen LogP contribution in [0.5, 0.6) is 0 Å². The van der Waals surface area contributed by atoms with E-state index in [9.17, 15) is 19.2 Å². The molecule has 4 rings (SSSR count). The largest absolute Gasteiger partial charge is 0.465 e. The van der Waals surface area contributed by atoms with Crippen molar-refractivity contribution in [1.29, 1.82) is 0 Å². The van der Waals surface area contributed by atoms with Crippen LogP contribution >= 0.6 is 0 Å². The minimum Gasteiger partial charge on any atom is -0.465 e. The van der Waals surface area contributed by atoms with E-state index in [1.165, 1.54) is 50.3 Å². The number of hydrogen-bond donors (Lipinski definition) is 1. The van der Waals surface area contributed by atoms with Crippen molar-refractivity contribution in [2.45, 2.75) is 12.8 Å². The van der Waals surface area contributed by atoms with E-state index >= 15 is 0 Å². The Morgan fingerprint density at radius 1 is 0.935 bits per heavy atom. The molecule has 0 radical (unpaired) electrons. The highest BCUT2D eigenvalue weighted by atomic mass is 16.5. The lowest BCUT2D eigenvalue weighted by Crippen LogP contribution is -2.54. The highest BCUT2D eigenvalue weighted by molar-refractivity contribution is 6.39. The van der Waals surface area contributed by atoms with Crippen LogP contribution in [0, 0.1) is 0 Å². The number of ether oxygens (including phenoxy) is 1. The van der Waals surface area contributed by atoms with Gasteiger partial charge in [0.15, 0.2) is 0 Å². The van der Waals surface area contributed by atoms with Crippen molar-refractivity contribution in [1.82, 2.24) is 5.32 Å². The van der Waals surface area contributed by atoms with Crippen molar-refractivity contribution in [3.05, 3.63) is 65.2 Å². The lowest BCUT2D eigenvalue weighted by molar-refractivity contribution is -0.122. The van der Waals surface area contributed by atoms with Crippen LogP contribution in [0.3, 0.4) is 0 Å². The first-order valence-corrected chi connectivity index (χ1v) is 9.93. The number of esters is 1. The summed E-state index contributed by atoms with van der Waals surface area (Å²) in [6.45, 7) is 2.04. The SMILES string of the molecule is COC(=O)c1ccc(N2C(=O)NC(=O)/C(=C\c3ccc(N4CCCC4)cc3)C2=O)cc1. The van der Waals surface area contributed by atoms with Gasteiger partial charge in [-0.3, -0.25) is 14.9 Å². The molecule has 158 valence electrons. The van der Waals surface area contributed by atoms with Gasteiger partial charge >= 0.3 is 12.0 Å². The van der Waals surface area contributed by atoms with Crippen LogP contribution in [-0.2, 0) is 14.3 Å². The van der Waals surface area contributed by atoms with E-state index in [1.807, 2.05) is 24.3 Å². The zero-order valence-electron chi connectivity index (χ0n) is 17.0. The zero-order valence-corrected chi connectivity index (χ0v) is 17.0. The molecule has 4 amide bonds. The van der Waals surface area contributed by atoms with Gasteiger partial charge in [-0.1, -0.05) is 12.1 Å². The number of barbiturate groups is 1. The normalized spacial score (nSPS) is 17.8. The zero-order chi connectivity index (χ0) is 22.0. The van der Waals surface area contributed by atoms with Gasteiger partial charge in [-0.2, -0.15) is 0 Å². The van der Waals surface area contributed by atoms with E-state index in [0.717, 1.165) is 23.7 Å². The van der Waals surface area contributed by atoms with Crippen LogP contribution < -0.4 is 15.1 Å². The Kier molecular flexibility index (Phi) is 5.53. The van der Waals surface area contributed by atoms with Gasteiger partial charge in [0.1, 0.15) is 5.57 Å². The number of rotatable bonds is 4. The number of methoxy groups -OCH3 is 1.